The molecule has 7 heteroatoms. The van der Waals surface area contributed by atoms with E-state index >= 15 is 0 Å². The zero-order valence-electron chi connectivity index (χ0n) is 17.9. The summed E-state index contributed by atoms with van der Waals surface area (Å²) >= 11 is 0. The van der Waals surface area contributed by atoms with E-state index in [2.05, 4.69) is 9.72 Å². The topological polar surface area (TPSA) is 96.8 Å². The van der Waals surface area contributed by atoms with Crippen LogP contribution >= 0.6 is 0 Å². The third-order valence-electron chi connectivity index (χ3n) is 4.99. The predicted octanol–water partition coefficient (Wildman–Crippen LogP) is 4.22. The van der Waals surface area contributed by atoms with Crippen LogP contribution in [-0.2, 0) is 16.1 Å². The van der Waals surface area contributed by atoms with E-state index in [0.717, 1.165) is 17.5 Å². The van der Waals surface area contributed by atoms with E-state index in [-0.39, 0.29) is 11.1 Å². The van der Waals surface area contributed by atoms with E-state index in [9.17, 15) is 19.5 Å². The fraction of sp³-hybridized carbons (Fsp3) is 0.200. The van der Waals surface area contributed by atoms with Gasteiger partial charge in [-0.1, -0.05) is 55.5 Å². The number of hydrogen-bond acceptors (Lipinski definition) is 6. The Morgan fingerprint density at radius 2 is 1.66 bits per heavy atom. The highest BCUT2D eigenvalue weighted by Gasteiger charge is 2.21. The number of aromatic nitrogens is 1. The average molecular weight is 432 g/mol. The predicted molar refractivity (Wildman–Crippen MR) is 121 cm³/mol. The second-order valence-corrected chi connectivity index (χ2v) is 7.16. The number of ether oxygens (including phenoxy) is 1. The van der Waals surface area contributed by atoms with E-state index in [0.29, 0.717) is 24.5 Å². The molecule has 0 spiro atoms. The second kappa shape index (κ2) is 10.3. The Balaban J connectivity index is 1.89. The normalized spacial score (nSPS) is 10.4. The first kappa shape index (κ1) is 22.7. The summed E-state index contributed by atoms with van der Waals surface area (Å²) in [6, 6.07) is 17.6. The average Bonchev–Trinajstić information content (AvgIpc) is 2.83. The van der Waals surface area contributed by atoms with E-state index in [4.69, 9.17) is 0 Å². The smallest absolute Gasteiger partial charge is 0.379 e. The number of methoxy groups -OCH3 is 1. The van der Waals surface area contributed by atoms with E-state index in [1.54, 1.807) is 42.6 Å². The highest BCUT2D eigenvalue weighted by Crippen LogP contribution is 2.26. The molecule has 0 saturated heterocycles. The van der Waals surface area contributed by atoms with Gasteiger partial charge in [0.2, 0.25) is 0 Å². The molecule has 3 rings (SSSR count). The summed E-state index contributed by atoms with van der Waals surface area (Å²) in [6.45, 7) is 3.15. The van der Waals surface area contributed by atoms with Gasteiger partial charge in [-0.2, -0.15) is 0 Å². The molecule has 0 saturated carbocycles. The maximum Gasteiger partial charge on any atom is 0.379 e. The molecule has 1 heterocycles. The molecule has 3 aromatic rings. The number of Topliss-reactive ketones (excluding diaryl/α,β-unsaturated/α-hetero) is 1. The fourth-order valence-electron chi connectivity index (χ4n) is 3.49. The Bertz CT molecular complexity index is 1130. The van der Waals surface area contributed by atoms with Crippen molar-refractivity contribution in [2.45, 2.75) is 19.9 Å². The van der Waals surface area contributed by atoms with Crippen LogP contribution in [0.3, 0.4) is 0 Å². The van der Waals surface area contributed by atoms with Gasteiger partial charge < -0.3 is 14.7 Å². The molecular formula is C25H24N2O5. The number of carboxylic acids is 1. The first-order valence-electron chi connectivity index (χ1n) is 10.2. The summed E-state index contributed by atoms with van der Waals surface area (Å²) in [7, 11) is 1.18. The fourth-order valence-corrected chi connectivity index (χ4v) is 3.49. The lowest BCUT2D eigenvalue weighted by molar-refractivity contribution is -0.135. The minimum Gasteiger partial charge on any atom is -0.478 e. The van der Waals surface area contributed by atoms with Crippen LogP contribution in [0.4, 0.5) is 5.82 Å². The van der Waals surface area contributed by atoms with Crippen LogP contribution in [0.15, 0.2) is 66.9 Å². The molecule has 0 bridgehead atoms. The summed E-state index contributed by atoms with van der Waals surface area (Å²) in [5.74, 6) is -2.19. The summed E-state index contributed by atoms with van der Waals surface area (Å²) < 4.78 is 4.57. The lowest BCUT2D eigenvalue weighted by atomic mass is 9.96. The maximum absolute atomic E-state index is 12.4. The van der Waals surface area contributed by atoms with Crippen molar-refractivity contribution >= 4 is 23.5 Å². The van der Waals surface area contributed by atoms with Gasteiger partial charge in [-0.3, -0.25) is 4.79 Å². The standard InChI is InChI=1S/C25H24N2O5/c1-3-15-27(23-21(24(29)30)9-6-14-26-23)16-17-10-12-18(13-11-17)19-7-4-5-8-20(19)22(28)25(31)32-2/h4-14H,3,15-16H2,1-2H3,(H,29,30). The molecule has 0 aliphatic heterocycles. The van der Waals surface area contributed by atoms with Gasteiger partial charge in [-0.25, -0.2) is 14.6 Å². The van der Waals surface area contributed by atoms with Gasteiger partial charge in [0.25, 0.3) is 5.78 Å². The van der Waals surface area contributed by atoms with Crippen molar-refractivity contribution in [2.24, 2.45) is 0 Å². The summed E-state index contributed by atoms with van der Waals surface area (Å²) in [6.07, 6.45) is 2.42. The van der Waals surface area contributed by atoms with Crippen molar-refractivity contribution in [1.82, 2.24) is 4.98 Å². The number of rotatable bonds is 9. The number of ketones is 1. The molecule has 2 aromatic carbocycles. The Hall–Kier alpha value is -4.00. The van der Waals surface area contributed by atoms with Gasteiger partial charge in [0.05, 0.1) is 7.11 Å². The number of benzene rings is 2. The van der Waals surface area contributed by atoms with Crippen molar-refractivity contribution in [3.05, 3.63) is 83.6 Å². The molecule has 0 amide bonds. The maximum atomic E-state index is 12.4. The molecule has 1 N–H and O–H groups in total. The summed E-state index contributed by atoms with van der Waals surface area (Å²) in [4.78, 5) is 41.9. The number of hydrogen-bond donors (Lipinski definition) is 1. The van der Waals surface area contributed by atoms with Crippen LogP contribution in [-0.4, -0.2) is 41.5 Å². The van der Waals surface area contributed by atoms with Crippen LogP contribution in [0, 0.1) is 0 Å². The molecule has 164 valence electrons. The first-order chi connectivity index (χ1) is 15.5. The van der Waals surface area contributed by atoms with Gasteiger partial charge in [0.15, 0.2) is 0 Å². The van der Waals surface area contributed by atoms with E-state index < -0.39 is 17.7 Å². The van der Waals surface area contributed by atoms with Gasteiger partial charge in [-0.15, -0.1) is 0 Å². The van der Waals surface area contributed by atoms with Crippen molar-refractivity contribution in [3.63, 3.8) is 0 Å². The molecule has 0 atom stereocenters. The molecule has 0 aliphatic carbocycles. The molecule has 0 aliphatic rings. The zero-order valence-corrected chi connectivity index (χ0v) is 17.9. The number of esters is 1. The lowest BCUT2D eigenvalue weighted by Gasteiger charge is -2.24. The summed E-state index contributed by atoms with van der Waals surface area (Å²) in [5.41, 5.74) is 2.82. The number of anilines is 1. The number of carbonyl (C=O) groups is 3. The van der Waals surface area contributed by atoms with Gasteiger partial charge in [0.1, 0.15) is 11.4 Å². The highest BCUT2D eigenvalue weighted by atomic mass is 16.5. The number of nitrogens with zero attached hydrogens (tertiary/aromatic N) is 2. The SMILES string of the molecule is CCCN(Cc1ccc(-c2ccccc2C(=O)C(=O)OC)cc1)c1ncccc1C(=O)O. The van der Waals surface area contributed by atoms with E-state index in [1.165, 1.54) is 7.11 Å². The Morgan fingerprint density at radius 3 is 2.31 bits per heavy atom. The van der Waals surface area contributed by atoms with Gasteiger partial charge in [-0.05, 0) is 35.2 Å². The number of aromatic carboxylic acids is 1. The summed E-state index contributed by atoms with van der Waals surface area (Å²) in [5, 5.41) is 9.51. The van der Waals surface area contributed by atoms with Gasteiger partial charge in [0, 0.05) is 24.8 Å². The largest absolute Gasteiger partial charge is 0.478 e. The molecule has 0 radical (unpaired) electrons. The quantitative estimate of drug-likeness (QED) is 0.307. The van der Waals surface area contributed by atoms with Crippen LogP contribution in [0.1, 0.15) is 39.6 Å². The zero-order chi connectivity index (χ0) is 23.1. The Morgan fingerprint density at radius 1 is 0.969 bits per heavy atom. The van der Waals surface area contributed by atoms with Crippen molar-refractivity contribution < 1.29 is 24.2 Å². The minimum atomic E-state index is -1.02. The van der Waals surface area contributed by atoms with Gasteiger partial charge >= 0.3 is 11.9 Å². The van der Waals surface area contributed by atoms with Crippen LogP contribution in [0.25, 0.3) is 11.1 Å². The van der Waals surface area contributed by atoms with Crippen LogP contribution < -0.4 is 4.90 Å². The monoisotopic (exact) mass is 432 g/mol. The Kier molecular flexibility index (Phi) is 7.33. The number of pyridine rings is 1. The molecule has 1 aromatic heterocycles. The molecule has 32 heavy (non-hydrogen) atoms. The molecule has 0 fully saturated rings. The van der Waals surface area contributed by atoms with Crippen molar-refractivity contribution in [2.75, 3.05) is 18.6 Å². The lowest BCUT2D eigenvalue weighted by Crippen LogP contribution is -2.26. The van der Waals surface area contributed by atoms with Crippen molar-refractivity contribution in [1.29, 1.82) is 0 Å². The van der Waals surface area contributed by atoms with Crippen LogP contribution in [0.5, 0.6) is 0 Å². The third kappa shape index (κ3) is 5.00. The van der Waals surface area contributed by atoms with Crippen LogP contribution in [0.2, 0.25) is 0 Å². The van der Waals surface area contributed by atoms with Crippen molar-refractivity contribution in [3.8, 4) is 11.1 Å². The number of carboxylic acid groups (broad SMARTS) is 1. The molecule has 7 nitrogen and oxygen atoms in total. The first-order valence-corrected chi connectivity index (χ1v) is 10.2. The highest BCUT2D eigenvalue weighted by molar-refractivity contribution is 6.41. The molecule has 0 unspecified atom stereocenters. The molecular weight excluding hydrogens is 408 g/mol. The minimum absolute atomic E-state index is 0.160. The van der Waals surface area contributed by atoms with E-state index in [1.807, 2.05) is 36.1 Å². The second-order valence-electron chi connectivity index (χ2n) is 7.16. The number of carbonyl (C=O) groups excluding carboxylic acids is 2. The Labute approximate surface area is 186 Å². The third-order valence-corrected chi connectivity index (χ3v) is 4.99.